The highest BCUT2D eigenvalue weighted by atomic mass is 35.5. The highest BCUT2D eigenvalue weighted by Gasteiger charge is 2.11. The first-order valence-electron chi connectivity index (χ1n) is 7.06. The zero-order valence-electron chi connectivity index (χ0n) is 12.5. The van der Waals surface area contributed by atoms with Crippen LogP contribution in [0.4, 0.5) is 5.69 Å². The lowest BCUT2D eigenvalue weighted by atomic mass is 10.2. The predicted molar refractivity (Wildman–Crippen MR) is 99.3 cm³/mol. The first-order valence-corrected chi connectivity index (χ1v) is 8.20. The molecule has 3 rings (SSSR count). The van der Waals surface area contributed by atoms with Gasteiger partial charge in [0, 0.05) is 16.3 Å². The summed E-state index contributed by atoms with van der Waals surface area (Å²) in [6.07, 6.45) is 1.28. The fourth-order valence-corrected chi connectivity index (χ4v) is 2.56. The van der Waals surface area contributed by atoms with Gasteiger partial charge < -0.3 is 5.32 Å². The van der Waals surface area contributed by atoms with E-state index < -0.39 is 5.56 Å². The lowest BCUT2D eigenvalue weighted by molar-refractivity contribution is 0.102. The number of carbonyl (C=O) groups is 1. The Kier molecular flexibility index (Phi) is 5.08. The van der Waals surface area contributed by atoms with Gasteiger partial charge in [-0.25, -0.2) is 0 Å². The van der Waals surface area contributed by atoms with Gasteiger partial charge in [0.05, 0.1) is 16.9 Å². The SMILES string of the molecule is O=C(Nc1cccc(Cl)c1)c1ccc(-n2ncc(Cl)c(Cl)c2=O)cc1. The van der Waals surface area contributed by atoms with Crippen molar-refractivity contribution in [1.29, 1.82) is 0 Å². The molecule has 1 aromatic heterocycles. The molecule has 0 saturated carbocycles. The minimum atomic E-state index is -0.537. The molecular formula is C17H10Cl3N3O2. The van der Waals surface area contributed by atoms with Crippen LogP contribution < -0.4 is 10.9 Å². The molecule has 3 aromatic rings. The Balaban J connectivity index is 1.84. The van der Waals surface area contributed by atoms with Gasteiger partial charge >= 0.3 is 0 Å². The zero-order chi connectivity index (χ0) is 18.0. The Labute approximate surface area is 157 Å². The van der Waals surface area contributed by atoms with Crippen LogP contribution in [0, 0.1) is 0 Å². The minimum Gasteiger partial charge on any atom is -0.322 e. The van der Waals surface area contributed by atoms with Gasteiger partial charge in [-0.05, 0) is 42.5 Å². The van der Waals surface area contributed by atoms with Gasteiger partial charge in [-0.15, -0.1) is 0 Å². The van der Waals surface area contributed by atoms with Crippen LogP contribution in [0.3, 0.4) is 0 Å². The number of hydrogen-bond donors (Lipinski definition) is 1. The Hall–Kier alpha value is -2.34. The van der Waals surface area contributed by atoms with Crippen molar-refractivity contribution in [3.05, 3.63) is 85.7 Å². The maximum atomic E-state index is 12.3. The summed E-state index contributed by atoms with van der Waals surface area (Å²) in [5.41, 5.74) is 0.925. The molecule has 5 nitrogen and oxygen atoms in total. The Morgan fingerprint density at radius 2 is 1.76 bits per heavy atom. The smallest absolute Gasteiger partial charge is 0.291 e. The molecule has 2 aromatic carbocycles. The van der Waals surface area contributed by atoms with Gasteiger partial charge in [-0.1, -0.05) is 40.9 Å². The van der Waals surface area contributed by atoms with Gasteiger partial charge in [-0.3, -0.25) is 9.59 Å². The van der Waals surface area contributed by atoms with Gasteiger partial charge in [0.25, 0.3) is 11.5 Å². The molecule has 0 aliphatic rings. The van der Waals surface area contributed by atoms with Crippen molar-refractivity contribution < 1.29 is 4.79 Å². The number of aromatic nitrogens is 2. The number of carbonyl (C=O) groups excluding carboxylic acids is 1. The van der Waals surface area contributed by atoms with Crippen molar-refractivity contribution in [2.75, 3.05) is 5.32 Å². The summed E-state index contributed by atoms with van der Waals surface area (Å²) in [4.78, 5) is 24.3. The normalized spacial score (nSPS) is 10.5. The van der Waals surface area contributed by atoms with E-state index in [1.807, 2.05) is 0 Å². The summed E-state index contributed by atoms with van der Waals surface area (Å²) in [5, 5.41) is 7.17. The first-order chi connectivity index (χ1) is 12.0. The molecule has 126 valence electrons. The van der Waals surface area contributed by atoms with Crippen LogP contribution in [0.1, 0.15) is 10.4 Å². The average Bonchev–Trinajstić information content (AvgIpc) is 2.60. The largest absolute Gasteiger partial charge is 0.322 e. The number of nitrogens with one attached hydrogen (secondary N) is 1. The van der Waals surface area contributed by atoms with Crippen molar-refractivity contribution in [1.82, 2.24) is 9.78 Å². The number of rotatable bonds is 3. The van der Waals surface area contributed by atoms with Crippen molar-refractivity contribution >= 4 is 46.4 Å². The Morgan fingerprint density at radius 3 is 2.44 bits per heavy atom. The predicted octanol–water partition coefficient (Wildman–Crippen LogP) is 4.45. The quantitative estimate of drug-likeness (QED) is 0.714. The number of halogens is 3. The molecule has 0 aliphatic carbocycles. The molecule has 0 atom stereocenters. The van der Waals surface area contributed by atoms with E-state index in [9.17, 15) is 9.59 Å². The van der Waals surface area contributed by atoms with Crippen LogP contribution in [-0.2, 0) is 0 Å². The number of nitrogens with zero attached hydrogens (tertiary/aromatic N) is 2. The molecule has 0 bridgehead atoms. The van der Waals surface area contributed by atoms with E-state index >= 15 is 0 Å². The van der Waals surface area contributed by atoms with Crippen LogP contribution in [0.25, 0.3) is 5.69 Å². The van der Waals surface area contributed by atoms with Crippen molar-refractivity contribution in [2.24, 2.45) is 0 Å². The summed E-state index contributed by atoms with van der Waals surface area (Å²) in [6, 6.07) is 13.2. The van der Waals surface area contributed by atoms with Crippen LogP contribution >= 0.6 is 34.8 Å². The van der Waals surface area contributed by atoms with E-state index in [2.05, 4.69) is 10.4 Å². The van der Waals surface area contributed by atoms with Crippen molar-refractivity contribution in [2.45, 2.75) is 0 Å². The van der Waals surface area contributed by atoms with Crippen LogP contribution in [0.2, 0.25) is 15.1 Å². The van der Waals surface area contributed by atoms with Gasteiger partial charge in [-0.2, -0.15) is 9.78 Å². The maximum absolute atomic E-state index is 12.3. The zero-order valence-corrected chi connectivity index (χ0v) is 14.8. The summed E-state index contributed by atoms with van der Waals surface area (Å²) in [5.74, 6) is -0.303. The topological polar surface area (TPSA) is 64.0 Å². The summed E-state index contributed by atoms with van der Waals surface area (Å²) in [7, 11) is 0. The molecule has 1 amide bonds. The van der Waals surface area contributed by atoms with Crippen LogP contribution in [-0.4, -0.2) is 15.7 Å². The third-order valence-electron chi connectivity index (χ3n) is 3.33. The Bertz CT molecular complexity index is 1000. The van der Waals surface area contributed by atoms with Gasteiger partial charge in [0.2, 0.25) is 0 Å². The fourth-order valence-electron chi connectivity index (χ4n) is 2.12. The van der Waals surface area contributed by atoms with E-state index in [1.54, 1.807) is 48.5 Å². The number of hydrogen-bond acceptors (Lipinski definition) is 3. The summed E-state index contributed by atoms with van der Waals surface area (Å²) in [6.45, 7) is 0. The number of benzene rings is 2. The number of anilines is 1. The molecule has 0 unspecified atom stereocenters. The highest BCUT2D eigenvalue weighted by Crippen LogP contribution is 2.18. The van der Waals surface area contributed by atoms with E-state index in [0.29, 0.717) is 22.0 Å². The van der Waals surface area contributed by atoms with Crippen molar-refractivity contribution in [3.63, 3.8) is 0 Å². The average molecular weight is 395 g/mol. The summed E-state index contributed by atoms with van der Waals surface area (Å²) >= 11 is 17.5. The molecule has 8 heteroatoms. The monoisotopic (exact) mass is 393 g/mol. The molecule has 0 spiro atoms. The molecule has 0 saturated heterocycles. The fraction of sp³-hybridized carbons (Fsp3) is 0. The molecule has 0 radical (unpaired) electrons. The van der Waals surface area contributed by atoms with Crippen LogP contribution in [0.15, 0.2) is 59.5 Å². The van der Waals surface area contributed by atoms with E-state index in [-0.39, 0.29) is 16.0 Å². The third-order valence-corrected chi connectivity index (χ3v) is 4.32. The molecule has 0 fully saturated rings. The van der Waals surface area contributed by atoms with E-state index in [0.717, 1.165) is 4.68 Å². The first kappa shape index (κ1) is 17.5. The van der Waals surface area contributed by atoms with E-state index in [1.165, 1.54) is 6.20 Å². The summed E-state index contributed by atoms with van der Waals surface area (Å²) < 4.78 is 1.10. The molecule has 25 heavy (non-hydrogen) atoms. The molecular weight excluding hydrogens is 385 g/mol. The highest BCUT2D eigenvalue weighted by molar-refractivity contribution is 6.41. The van der Waals surface area contributed by atoms with Crippen LogP contribution in [0.5, 0.6) is 0 Å². The maximum Gasteiger partial charge on any atom is 0.291 e. The lowest BCUT2D eigenvalue weighted by Gasteiger charge is -2.08. The second-order valence-electron chi connectivity index (χ2n) is 5.03. The molecule has 1 N–H and O–H groups in total. The third kappa shape index (κ3) is 3.85. The molecule has 1 heterocycles. The lowest BCUT2D eigenvalue weighted by Crippen LogP contribution is -2.21. The second-order valence-corrected chi connectivity index (χ2v) is 6.26. The van der Waals surface area contributed by atoms with E-state index in [4.69, 9.17) is 34.8 Å². The minimum absolute atomic E-state index is 0.0837. The van der Waals surface area contributed by atoms with Gasteiger partial charge in [0.1, 0.15) is 5.02 Å². The van der Waals surface area contributed by atoms with Gasteiger partial charge in [0.15, 0.2) is 0 Å². The second kappa shape index (κ2) is 7.27. The Morgan fingerprint density at radius 1 is 1.04 bits per heavy atom. The molecule has 0 aliphatic heterocycles. The standard InChI is InChI=1S/C17H10Cl3N3O2/c18-11-2-1-3-12(8-11)22-16(24)10-4-6-13(7-5-10)23-17(25)15(20)14(19)9-21-23/h1-9H,(H,22,24). The van der Waals surface area contributed by atoms with Crippen molar-refractivity contribution in [3.8, 4) is 5.69 Å². The number of amides is 1.